The van der Waals surface area contributed by atoms with Crippen LogP contribution in [-0.2, 0) is 29.7 Å². The Morgan fingerprint density at radius 1 is 1.25 bits per heavy atom. The summed E-state index contributed by atoms with van der Waals surface area (Å²) in [6.45, 7) is 6.02. The predicted octanol–water partition coefficient (Wildman–Crippen LogP) is 0.0408. The molecule has 0 bridgehead atoms. The van der Waals surface area contributed by atoms with Crippen molar-refractivity contribution in [2.45, 2.75) is 33.9 Å². The molecule has 0 amide bonds. The van der Waals surface area contributed by atoms with Gasteiger partial charge in [-0.15, -0.1) is 0 Å². The molecule has 24 heavy (non-hydrogen) atoms. The Labute approximate surface area is 136 Å². The number of imidazole rings is 2. The third-order valence-corrected chi connectivity index (χ3v) is 4.05. The molecule has 128 valence electrons. The van der Waals surface area contributed by atoms with E-state index in [0.717, 1.165) is 10.3 Å². The van der Waals surface area contributed by atoms with Crippen LogP contribution < -0.4 is 11.2 Å². The molecule has 0 aromatic carbocycles. The van der Waals surface area contributed by atoms with Crippen LogP contribution in [0, 0.1) is 6.92 Å². The summed E-state index contributed by atoms with van der Waals surface area (Å²) in [7, 11) is 1.53. The fraction of sp³-hybridized carbons (Fsp3) is 0.467. The van der Waals surface area contributed by atoms with Crippen molar-refractivity contribution < 1.29 is 9.53 Å². The van der Waals surface area contributed by atoms with E-state index in [1.54, 1.807) is 17.5 Å². The molecule has 3 rings (SSSR count). The molecule has 0 radical (unpaired) electrons. The summed E-state index contributed by atoms with van der Waals surface area (Å²) >= 11 is 0. The van der Waals surface area contributed by atoms with E-state index in [4.69, 9.17) is 4.74 Å². The zero-order chi connectivity index (χ0) is 17.6. The van der Waals surface area contributed by atoms with Gasteiger partial charge in [0.1, 0.15) is 6.54 Å². The van der Waals surface area contributed by atoms with E-state index >= 15 is 0 Å². The van der Waals surface area contributed by atoms with Crippen LogP contribution in [0.3, 0.4) is 0 Å². The van der Waals surface area contributed by atoms with Crippen molar-refractivity contribution in [1.82, 2.24) is 23.1 Å². The zero-order valence-corrected chi connectivity index (χ0v) is 14.1. The molecular formula is C15H19N5O4. The van der Waals surface area contributed by atoms with Crippen molar-refractivity contribution in [3.63, 3.8) is 0 Å². The molecule has 3 aromatic rings. The van der Waals surface area contributed by atoms with Crippen molar-refractivity contribution in [2.24, 2.45) is 7.05 Å². The Morgan fingerprint density at radius 3 is 2.58 bits per heavy atom. The molecule has 9 heteroatoms. The normalized spacial score (nSPS) is 11.5. The number of esters is 1. The predicted molar refractivity (Wildman–Crippen MR) is 87.2 cm³/mol. The van der Waals surface area contributed by atoms with Crippen LogP contribution in [0.4, 0.5) is 0 Å². The third kappa shape index (κ3) is 2.15. The summed E-state index contributed by atoms with van der Waals surface area (Å²) in [6, 6.07) is 0. The van der Waals surface area contributed by atoms with Crippen molar-refractivity contribution in [1.29, 1.82) is 0 Å². The summed E-state index contributed by atoms with van der Waals surface area (Å²) < 4.78 is 10.6. The van der Waals surface area contributed by atoms with Gasteiger partial charge in [-0.25, -0.2) is 9.36 Å². The van der Waals surface area contributed by atoms with Crippen LogP contribution in [0.15, 0.2) is 15.8 Å². The summed E-state index contributed by atoms with van der Waals surface area (Å²) in [5.74, 6) is -0.0369. The van der Waals surface area contributed by atoms with Gasteiger partial charge in [0.15, 0.2) is 11.2 Å². The van der Waals surface area contributed by atoms with Gasteiger partial charge in [-0.2, -0.15) is 4.98 Å². The van der Waals surface area contributed by atoms with Gasteiger partial charge in [-0.3, -0.25) is 18.6 Å². The molecule has 0 saturated carbocycles. The Morgan fingerprint density at radius 2 is 1.96 bits per heavy atom. The van der Waals surface area contributed by atoms with Crippen molar-refractivity contribution in [2.75, 3.05) is 6.61 Å². The number of carbonyl (C=O) groups is 1. The molecule has 0 unspecified atom stereocenters. The highest BCUT2D eigenvalue weighted by molar-refractivity contribution is 5.76. The van der Waals surface area contributed by atoms with E-state index in [1.165, 1.54) is 11.6 Å². The number of carbonyl (C=O) groups excluding carboxylic acids is 1. The maximum absolute atomic E-state index is 12.8. The largest absolute Gasteiger partial charge is 0.465 e. The lowest BCUT2D eigenvalue weighted by molar-refractivity contribution is -0.143. The van der Waals surface area contributed by atoms with Crippen molar-refractivity contribution >= 4 is 22.9 Å². The second-order valence-electron chi connectivity index (χ2n) is 5.51. The molecule has 0 atom stereocenters. The van der Waals surface area contributed by atoms with Crippen LogP contribution in [0.1, 0.15) is 19.5 Å². The maximum Gasteiger partial charge on any atom is 0.333 e. The van der Waals surface area contributed by atoms with Crippen LogP contribution in [-0.4, -0.2) is 35.7 Å². The molecule has 0 fully saturated rings. The topological polar surface area (TPSA) is 92.5 Å². The van der Waals surface area contributed by atoms with Gasteiger partial charge in [0.05, 0.1) is 6.61 Å². The van der Waals surface area contributed by atoms with Crippen molar-refractivity contribution in [3.05, 3.63) is 32.7 Å². The summed E-state index contributed by atoms with van der Waals surface area (Å²) in [5.41, 5.74) is 0.365. The molecule has 0 aliphatic rings. The molecule has 0 saturated heterocycles. The third-order valence-electron chi connectivity index (χ3n) is 4.05. The Bertz CT molecular complexity index is 1070. The molecular weight excluding hydrogens is 314 g/mol. The number of hydrogen-bond acceptors (Lipinski definition) is 5. The number of ether oxygens (including phenoxy) is 1. The SMILES string of the molecule is CCOC(=O)Cn1c(=O)c2c(nc3n(CC)c(C)cn23)n(C)c1=O. The maximum atomic E-state index is 12.8. The van der Waals surface area contributed by atoms with Crippen molar-refractivity contribution in [3.8, 4) is 0 Å². The van der Waals surface area contributed by atoms with Crippen LogP contribution in [0.25, 0.3) is 16.9 Å². The molecule has 9 nitrogen and oxygen atoms in total. The minimum atomic E-state index is -0.626. The van der Waals surface area contributed by atoms with Gasteiger partial charge < -0.3 is 9.30 Å². The molecule has 3 heterocycles. The van der Waals surface area contributed by atoms with Crippen LogP contribution >= 0.6 is 0 Å². The average molecular weight is 333 g/mol. The fourth-order valence-electron chi connectivity index (χ4n) is 2.92. The summed E-state index contributed by atoms with van der Waals surface area (Å²) in [5, 5.41) is 0. The highest BCUT2D eigenvalue weighted by atomic mass is 16.5. The van der Waals surface area contributed by atoms with Gasteiger partial charge in [0.2, 0.25) is 5.78 Å². The lowest BCUT2D eigenvalue weighted by Crippen LogP contribution is -2.41. The van der Waals surface area contributed by atoms with Gasteiger partial charge in [0.25, 0.3) is 5.56 Å². The molecule has 0 aliphatic heterocycles. The molecule has 3 aromatic heterocycles. The van der Waals surface area contributed by atoms with E-state index in [9.17, 15) is 14.4 Å². The molecule has 0 N–H and O–H groups in total. The minimum absolute atomic E-state index is 0.186. The van der Waals surface area contributed by atoms with Crippen LogP contribution in [0.2, 0.25) is 0 Å². The number of fused-ring (bicyclic) bond motifs is 3. The molecule has 0 aliphatic carbocycles. The van der Waals surface area contributed by atoms with Crippen LogP contribution in [0.5, 0.6) is 0 Å². The number of aromatic nitrogens is 5. The average Bonchev–Trinajstić information content (AvgIpc) is 3.04. The smallest absolute Gasteiger partial charge is 0.333 e. The first kappa shape index (κ1) is 16.0. The fourth-order valence-corrected chi connectivity index (χ4v) is 2.92. The standard InChI is InChI=1S/C15H19N5O4/c1-5-18-9(3)7-19-11-12(16-14(18)19)17(4)15(23)20(13(11)22)8-10(21)24-6-2/h7H,5-6,8H2,1-4H3. The van der Waals surface area contributed by atoms with Gasteiger partial charge >= 0.3 is 11.7 Å². The lowest BCUT2D eigenvalue weighted by Gasteiger charge is -2.07. The molecule has 0 spiro atoms. The summed E-state index contributed by atoms with van der Waals surface area (Å²) in [4.78, 5) is 41.4. The van der Waals surface area contributed by atoms with E-state index in [-0.39, 0.29) is 12.1 Å². The van der Waals surface area contributed by atoms with Gasteiger partial charge in [-0.1, -0.05) is 0 Å². The first-order valence-electron chi connectivity index (χ1n) is 7.74. The Balaban J connectivity index is 2.36. The van der Waals surface area contributed by atoms with E-state index in [0.29, 0.717) is 18.0 Å². The highest BCUT2D eigenvalue weighted by Crippen LogP contribution is 2.15. The number of rotatable bonds is 4. The number of nitrogens with zero attached hydrogens (tertiary/aromatic N) is 5. The Hall–Kier alpha value is -2.84. The monoisotopic (exact) mass is 333 g/mol. The first-order chi connectivity index (χ1) is 11.4. The second kappa shape index (κ2) is 5.66. The summed E-state index contributed by atoms with van der Waals surface area (Å²) in [6.07, 6.45) is 1.80. The Kier molecular flexibility index (Phi) is 3.78. The number of aryl methyl sites for hydroxylation is 3. The van der Waals surface area contributed by atoms with E-state index < -0.39 is 23.8 Å². The lowest BCUT2D eigenvalue weighted by atomic mass is 10.4. The van der Waals surface area contributed by atoms with E-state index in [2.05, 4.69) is 4.98 Å². The zero-order valence-electron chi connectivity index (χ0n) is 14.1. The first-order valence-corrected chi connectivity index (χ1v) is 7.74. The number of hydrogen-bond donors (Lipinski definition) is 0. The minimum Gasteiger partial charge on any atom is -0.465 e. The van der Waals surface area contributed by atoms with Gasteiger partial charge in [-0.05, 0) is 20.8 Å². The quantitative estimate of drug-likeness (QED) is 0.629. The van der Waals surface area contributed by atoms with Gasteiger partial charge in [0, 0.05) is 25.5 Å². The second-order valence-corrected chi connectivity index (χ2v) is 5.51. The highest BCUT2D eigenvalue weighted by Gasteiger charge is 2.21. The van der Waals surface area contributed by atoms with E-state index in [1.807, 2.05) is 18.4 Å².